The lowest BCUT2D eigenvalue weighted by Gasteiger charge is -2.10. The fraction of sp³-hybridized carbons (Fsp3) is 0.200. The lowest BCUT2D eigenvalue weighted by atomic mass is 10.1. The number of carbonyl (C=O) groups excluding carboxylic acids is 1. The first kappa shape index (κ1) is 18.6. The molecule has 2 N–H and O–H groups in total. The number of halogens is 1. The van der Waals surface area contributed by atoms with Gasteiger partial charge in [-0.05, 0) is 49.1 Å². The molecular formula is C20H20ClN3O. The van der Waals surface area contributed by atoms with Crippen LogP contribution < -0.4 is 10.6 Å². The Hall–Kier alpha value is -2.77. The van der Waals surface area contributed by atoms with Crippen LogP contribution in [0.4, 0.5) is 5.69 Å². The second kappa shape index (κ2) is 8.91. The molecule has 0 aliphatic heterocycles. The predicted octanol–water partition coefficient (Wildman–Crippen LogP) is 4.14. The van der Waals surface area contributed by atoms with E-state index in [1.807, 2.05) is 62.4 Å². The molecular weight excluding hydrogens is 334 g/mol. The zero-order valence-corrected chi connectivity index (χ0v) is 15.0. The summed E-state index contributed by atoms with van der Waals surface area (Å²) < 4.78 is 0. The largest absolute Gasteiger partial charge is 0.389 e. The van der Waals surface area contributed by atoms with Gasteiger partial charge in [0.25, 0.3) is 5.91 Å². The first-order valence-corrected chi connectivity index (χ1v) is 8.35. The van der Waals surface area contributed by atoms with Gasteiger partial charge < -0.3 is 10.6 Å². The molecule has 128 valence electrons. The van der Waals surface area contributed by atoms with Crippen molar-refractivity contribution < 1.29 is 4.79 Å². The minimum absolute atomic E-state index is 0.0278. The quantitative estimate of drug-likeness (QED) is 0.466. The number of amides is 1. The van der Waals surface area contributed by atoms with Crippen molar-refractivity contribution in [3.05, 3.63) is 76.0 Å². The van der Waals surface area contributed by atoms with Crippen molar-refractivity contribution in [1.82, 2.24) is 5.32 Å². The Morgan fingerprint density at radius 2 is 1.96 bits per heavy atom. The Balaban J connectivity index is 1.95. The molecule has 5 heteroatoms. The summed E-state index contributed by atoms with van der Waals surface area (Å²) in [4.78, 5) is 12.3. The highest BCUT2D eigenvalue weighted by Gasteiger charge is 2.11. The van der Waals surface area contributed by atoms with E-state index in [0.29, 0.717) is 23.7 Å². The van der Waals surface area contributed by atoms with E-state index >= 15 is 0 Å². The fourth-order valence-corrected chi connectivity index (χ4v) is 2.54. The maximum Gasteiger partial charge on any atom is 0.267 e. The van der Waals surface area contributed by atoms with Crippen molar-refractivity contribution in [2.75, 3.05) is 11.9 Å². The normalized spacial score (nSPS) is 10.9. The third kappa shape index (κ3) is 5.10. The van der Waals surface area contributed by atoms with Gasteiger partial charge in [0.1, 0.15) is 11.6 Å². The van der Waals surface area contributed by atoms with Crippen LogP contribution in [0.5, 0.6) is 0 Å². The third-order valence-electron chi connectivity index (χ3n) is 3.96. The molecule has 1 amide bonds. The van der Waals surface area contributed by atoms with Gasteiger partial charge in [-0.15, -0.1) is 0 Å². The molecule has 2 aromatic carbocycles. The van der Waals surface area contributed by atoms with Crippen LogP contribution in [0.2, 0.25) is 5.02 Å². The van der Waals surface area contributed by atoms with Crippen molar-refractivity contribution in [2.24, 2.45) is 0 Å². The first-order chi connectivity index (χ1) is 12.0. The minimum Gasteiger partial charge on any atom is -0.389 e. The Morgan fingerprint density at radius 3 is 2.68 bits per heavy atom. The molecule has 0 radical (unpaired) electrons. The van der Waals surface area contributed by atoms with Crippen LogP contribution in [0, 0.1) is 25.2 Å². The number of benzene rings is 2. The van der Waals surface area contributed by atoms with E-state index in [9.17, 15) is 10.1 Å². The Labute approximate surface area is 153 Å². The molecule has 0 aromatic heterocycles. The molecule has 4 nitrogen and oxygen atoms in total. The molecule has 0 fully saturated rings. The average molecular weight is 354 g/mol. The van der Waals surface area contributed by atoms with E-state index in [2.05, 4.69) is 10.6 Å². The smallest absolute Gasteiger partial charge is 0.267 e. The number of anilines is 1. The highest BCUT2D eigenvalue weighted by molar-refractivity contribution is 6.31. The molecule has 2 rings (SSSR count). The number of hydrogen-bond acceptors (Lipinski definition) is 3. The molecule has 0 saturated carbocycles. The lowest BCUT2D eigenvalue weighted by Crippen LogP contribution is -2.18. The summed E-state index contributed by atoms with van der Waals surface area (Å²) >= 11 is 6.10. The molecule has 0 heterocycles. The van der Waals surface area contributed by atoms with Crippen LogP contribution in [-0.2, 0) is 11.2 Å². The maximum atomic E-state index is 12.3. The lowest BCUT2D eigenvalue weighted by molar-refractivity contribution is -0.112. The second-order valence-corrected chi connectivity index (χ2v) is 6.07. The summed E-state index contributed by atoms with van der Waals surface area (Å²) in [6.45, 7) is 4.48. The highest BCUT2D eigenvalue weighted by Crippen LogP contribution is 2.18. The standard InChI is InChI=1S/C20H20ClN3O/c1-14-6-5-9-19(15(14)2)24-20(25)17(12-22)13-23-11-10-16-7-3-4-8-18(16)21/h3-9,13,23H,10-11H2,1-2H3,(H,24,25)/b17-13-. The number of nitriles is 1. The summed E-state index contributed by atoms with van der Waals surface area (Å²) in [5.41, 5.74) is 3.82. The van der Waals surface area contributed by atoms with Crippen LogP contribution in [0.1, 0.15) is 16.7 Å². The van der Waals surface area contributed by atoms with Crippen LogP contribution in [-0.4, -0.2) is 12.5 Å². The SMILES string of the molecule is Cc1cccc(NC(=O)/C(C#N)=C\NCCc2ccccc2Cl)c1C. The number of hydrogen-bond donors (Lipinski definition) is 2. The molecule has 0 aliphatic carbocycles. The average Bonchev–Trinajstić information content (AvgIpc) is 2.60. The van der Waals surface area contributed by atoms with Crippen molar-refractivity contribution >= 4 is 23.2 Å². The summed E-state index contributed by atoms with van der Waals surface area (Å²) in [6, 6.07) is 15.2. The number of nitrogens with one attached hydrogen (secondary N) is 2. The van der Waals surface area contributed by atoms with Gasteiger partial charge in [0, 0.05) is 23.5 Å². The van der Waals surface area contributed by atoms with Gasteiger partial charge in [-0.1, -0.05) is 41.9 Å². The second-order valence-electron chi connectivity index (χ2n) is 5.67. The van der Waals surface area contributed by atoms with Crippen LogP contribution in [0.25, 0.3) is 0 Å². The van der Waals surface area contributed by atoms with Gasteiger partial charge in [0.15, 0.2) is 0 Å². The molecule has 0 saturated heterocycles. The van der Waals surface area contributed by atoms with Gasteiger partial charge >= 0.3 is 0 Å². The van der Waals surface area contributed by atoms with Gasteiger partial charge in [0.05, 0.1) is 0 Å². The van der Waals surface area contributed by atoms with E-state index in [1.165, 1.54) is 6.20 Å². The molecule has 0 unspecified atom stereocenters. The molecule has 25 heavy (non-hydrogen) atoms. The zero-order chi connectivity index (χ0) is 18.2. The van der Waals surface area contributed by atoms with Crippen LogP contribution in [0.15, 0.2) is 54.2 Å². The highest BCUT2D eigenvalue weighted by atomic mass is 35.5. The van der Waals surface area contributed by atoms with E-state index < -0.39 is 5.91 Å². The summed E-state index contributed by atoms with van der Waals surface area (Å²) in [5.74, 6) is -0.429. The van der Waals surface area contributed by atoms with Crippen molar-refractivity contribution in [3.8, 4) is 6.07 Å². The molecule has 0 atom stereocenters. The third-order valence-corrected chi connectivity index (χ3v) is 4.33. The number of rotatable bonds is 6. The van der Waals surface area contributed by atoms with Crippen molar-refractivity contribution in [2.45, 2.75) is 20.3 Å². The number of aryl methyl sites for hydroxylation is 1. The van der Waals surface area contributed by atoms with E-state index in [1.54, 1.807) is 0 Å². The molecule has 0 bridgehead atoms. The number of carbonyl (C=O) groups is 1. The molecule has 2 aromatic rings. The number of nitrogens with zero attached hydrogens (tertiary/aromatic N) is 1. The minimum atomic E-state index is -0.429. The van der Waals surface area contributed by atoms with Gasteiger partial charge in [-0.25, -0.2) is 0 Å². The summed E-state index contributed by atoms with van der Waals surface area (Å²) in [6.07, 6.45) is 2.14. The van der Waals surface area contributed by atoms with Gasteiger partial charge in [-0.2, -0.15) is 5.26 Å². The molecule has 0 aliphatic rings. The summed E-state index contributed by atoms with van der Waals surface area (Å²) in [5, 5.41) is 15.7. The van der Waals surface area contributed by atoms with Gasteiger partial charge in [0.2, 0.25) is 0 Å². The monoisotopic (exact) mass is 353 g/mol. The van der Waals surface area contributed by atoms with E-state index in [-0.39, 0.29) is 5.57 Å². The Kier molecular flexibility index (Phi) is 6.62. The zero-order valence-electron chi connectivity index (χ0n) is 14.3. The predicted molar refractivity (Wildman–Crippen MR) is 101 cm³/mol. The molecule has 0 spiro atoms. The van der Waals surface area contributed by atoms with Crippen molar-refractivity contribution in [3.63, 3.8) is 0 Å². The van der Waals surface area contributed by atoms with Gasteiger partial charge in [-0.3, -0.25) is 4.79 Å². The topological polar surface area (TPSA) is 64.9 Å². The first-order valence-electron chi connectivity index (χ1n) is 7.97. The van der Waals surface area contributed by atoms with Crippen LogP contribution >= 0.6 is 11.6 Å². The van der Waals surface area contributed by atoms with E-state index in [0.717, 1.165) is 16.7 Å². The Bertz CT molecular complexity index is 837. The van der Waals surface area contributed by atoms with E-state index in [4.69, 9.17) is 11.6 Å². The summed E-state index contributed by atoms with van der Waals surface area (Å²) in [7, 11) is 0. The Morgan fingerprint density at radius 1 is 1.20 bits per heavy atom. The fourth-order valence-electron chi connectivity index (χ4n) is 2.31. The maximum absolute atomic E-state index is 12.3. The van der Waals surface area contributed by atoms with Crippen LogP contribution in [0.3, 0.4) is 0 Å². The van der Waals surface area contributed by atoms with Crippen molar-refractivity contribution in [1.29, 1.82) is 5.26 Å².